The van der Waals surface area contributed by atoms with Crippen molar-refractivity contribution in [3.05, 3.63) is 0 Å². The van der Waals surface area contributed by atoms with Crippen LogP contribution in [0.5, 0.6) is 0 Å². The van der Waals surface area contributed by atoms with Gasteiger partial charge >= 0.3 is 0 Å². The van der Waals surface area contributed by atoms with Gasteiger partial charge in [-0.1, -0.05) is 0 Å². The Morgan fingerprint density at radius 1 is 1.70 bits per heavy atom. The highest BCUT2D eigenvalue weighted by Crippen LogP contribution is 2.20. The maximum Gasteiger partial charge on any atom is 0.147 e. The van der Waals surface area contributed by atoms with Crippen LogP contribution in [-0.2, 0) is 4.74 Å². The topological polar surface area (TPSA) is 55.5 Å². The first kappa shape index (κ1) is 7.98. The van der Waals surface area contributed by atoms with E-state index in [-0.39, 0.29) is 6.54 Å². The average Bonchev–Trinajstić information content (AvgIpc) is 2.17. The highest BCUT2D eigenvalue weighted by Gasteiger charge is 2.40. The van der Waals surface area contributed by atoms with Crippen molar-refractivity contribution in [2.24, 2.45) is 5.73 Å². The van der Waals surface area contributed by atoms with Gasteiger partial charge < -0.3 is 15.6 Å². The Kier molecular flexibility index (Phi) is 2.28. The van der Waals surface area contributed by atoms with Crippen molar-refractivity contribution in [2.75, 3.05) is 6.54 Å². The van der Waals surface area contributed by atoms with Crippen LogP contribution in [0.3, 0.4) is 0 Å². The second-order valence-electron chi connectivity index (χ2n) is 2.55. The molecule has 1 aliphatic heterocycles. The summed E-state index contributed by atoms with van der Waals surface area (Å²) in [5.74, 6) is 0. The zero-order valence-corrected chi connectivity index (χ0v) is 5.83. The second kappa shape index (κ2) is 2.86. The third kappa shape index (κ3) is 1.16. The molecule has 5 heteroatoms. The molecule has 2 unspecified atom stereocenters. The van der Waals surface area contributed by atoms with E-state index < -0.39 is 24.4 Å². The lowest BCUT2D eigenvalue weighted by molar-refractivity contribution is 0.0365. The van der Waals surface area contributed by atoms with Crippen molar-refractivity contribution in [1.29, 1.82) is 0 Å². The van der Waals surface area contributed by atoms with E-state index in [9.17, 15) is 4.39 Å². The molecule has 0 amide bonds. The highest BCUT2D eigenvalue weighted by atomic mass is 19.1. The van der Waals surface area contributed by atoms with Gasteiger partial charge in [-0.25, -0.2) is 4.39 Å². The van der Waals surface area contributed by atoms with E-state index in [0.29, 0.717) is 0 Å². The molecule has 4 atom stereocenters. The molecule has 3 N–H and O–H groups in total. The molecule has 1 rings (SSSR count). The van der Waals surface area contributed by atoms with Crippen LogP contribution in [0.1, 0.15) is 0 Å². The first-order valence-corrected chi connectivity index (χ1v) is 3.34. The molecule has 0 radical (unpaired) electrons. The molecule has 1 heterocycles. The number of nitrogens with two attached hydrogens (primary N) is 1. The van der Waals surface area contributed by atoms with Crippen LogP contribution in [0.4, 0.5) is 4.39 Å². The minimum absolute atomic E-state index is 0.173. The van der Waals surface area contributed by atoms with Gasteiger partial charge in [-0.3, -0.25) is 0 Å². The third-order valence-electron chi connectivity index (χ3n) is 1.78. The van der Waals surface area contributed by atoms with Crippen molar-refractivity contribution >= 4 is 7.85 Å². The lowest BCUT2D eigenvalue weighted by Gasteiger charge is -2.09. The van der Waals surface area contributed by atoms with Gasteiger partial charge in [0.05, 0.1) is 12.1 Å². The van der Waals surface area contributed by atoms with E-state index in [4.69, 9.17) is 15.6 Å². The Morgan fingerprint density at radius 2 is 2.30 bits per heavy atom. The van der Waals surface area contributed by atoms with Gasteiger partial charge in [0.1, 0.15) is 20.1 Å². The first-order valence-electron chi connectivity index (χ1n) is 3.34. The zero-order chi connectivity index (χ0) is 7.72. The molecule has 0 aromatic carbocycles. The predicted octanol–water partition coefficient (Wildman–Crippen LogP) is -2.00. The summed E-state index contributed by atoms with van der Waals surface area (Å²) in [7, 11) is 1.59. The summed E-state index contributed by atoms with van der Waals surface area (Å²) in [6.45, 7) is 0.173. The van der Waals surface area contributed by atoms with E-state index in [1.54, 1.807) is 7.85 Å². The Labute approximate surface area is 59.8 Å². The summed E-state index contributed by atoms with van der Waals surface area (Å²) in [5.41, 5.74) is 5.20. The summed E-state index contributed by atoms with van der Waals surface area (Å²) >= 11 is 0. The summed E-state index contributed by atoms with van der Waals surface area (Å²) in [4.78, 5) is 0. The Balaban J connectivity index is 2.53. The summed E-state index contributed by atoms with van der Waals surface area (Å²) in [6, 6.07) is -0.524. The molecule has 10 heavy (non-hydrogen) atoms. The number of alkyl halides is 1. The SMILES string of the molecule is B[C@@H]1O[C@H](CN)C(O)C1F. The van der Waals surface area contributed by atoms with E-state index in [2.05, 4.69) is 0 Å². The van der Waals surface area contributed by atoms with E-state index in [0.717, 1.165) is 0 Å². The summed E-state index contributed by atoms with van der Waals surface area (Å²) in [6.07, 6.45) is -2.85. The van der Waals surface area contributed by atoms with Crippen LogP contribution in [0.15, 0.2) is 0 Å². The molecule has 0 aromatic rings. The smallest absolute Gasteiger partial charge is 0.147 e. The molecule has 0 aliphatic carbocycles. The maximum absolute atomic E-state index is 12.7. The zero-order valence-electron chi connectivity index (χ0n) is 5.83. The average molecular weight is 147 g/mol. The molecule has 0 saturated carbocycles. The number of halogens is 1. The standard InChI is InChI=1S/C5H11BFNO2/c6-5-3(7)4(9)2(1-8)10-5/h2-5,9H,1,6,8H2/t2-,3?,4?,5-/m1/s1. The second-order valence-corrected chi connectivity index (χ2v) is 2.55. The van der Waals surface area contributed by atoms with Gasteiger partial charge in [-0.05, 0) is 0 Å². The van der Waals surface area contributed by atoms with E-state index in [1.807, 2.05) is 0 Å². The van der Waals surface area contributed by atoms with E-state index in [1.165, 1.54) is 0 Å². The Hall–Kier alpha value is -0.125. The molecule has 3 nitrogen and oxygen atoms in total. The monoisotopic (exact) mass is 147 g/mol. The molecule has 1 fully saturated rings. The molecule has 0 aromatic heterocycles. The van der Waals surface area contributed by atoms with Gasteiger partial charge in [-0.15, -0.1) is 0 Å². The lowest BCUT2D eigenvalue weighted by Crippen LogP contribution is -2.33. The van der Waals surface area contributed by atoms with Crippen LogP contribution in [0.2, 0.25) is 0 Å². The van der Waals surface area contributed by atoms with Gasteiger partial charge in [0.2, 0.25) is 0 Å². The van der Waals surface area contributed by atoms with Crippen LogP contribution < -0.4 is 5.73 Å². The van der Waals surface area contributed by atoms with Crippen LogP contribution in [0.25, 0.3) is 0 Å². The van der Waals surface area contributed by atoms with Gasteiger partial charge in [0.25, 0.3) is 0 Å². The fourth-order valence-electron chi connectivity index (χ4n) is 1.11. The minimum Gasteiger partial charge on any atom is -0.387 e. The third-order valence-corrected chi connectivity index (χ3v) is 1.78. The van der Waals surface area contributed by atoms with Crippen molar-refractivity contribution < 1.29 is 14.2 Å². The van der Waals surface area contributed by atoms with Crippen LogP contribution >= 0.6 is 0 Å². The minimum atomic E-state index is -1.28. The van der Waals surface area contributed by atoms with Gasteiger partial charge in [-0.2, -0.15) is 0 Å². The highest BCUT2D eigenvalue weighted by molar-refractivity contribution is 6.11. The number of rotatable bonds is 1. The number of ether oxygens (including phenoxy) is 1. The van der Waals surface area contributed by atoms with Crippen molar-refractivity contribution in [3.8, 4) is 0 Å². The Bertz CT molecular complexity index is 126. The molecule has 0 bridgehead atoms. The largest absolute Gasteiger partial charge is 0.387 e. The first-order chi connectivity index (χ1) is 4.66. The number of aliphatic hydroxyl groups is 1. The predicted molar refractivity (Wildman–Crippen MR) is 37.2 cm³/mol. The molecule has 0 spiro atoms. The molecular weight excluding hydrogens is 136 g/mol. The summed E-state index contributed by atoms with van der Waals surface area (Å²) in [5, 5.41) is 9.05. The fraction of sp³-hybridized carbons (Fsp3) is 1.00. The van der Waals surface area contributed by atoms with Crippen molar-refractivity contribution in [2.45, 2.75) is 24.4 Å². The van der Waals surface area contributed by atoms with E-state index >= 15 is 0 Å². The fourth-order valence-corrected chi connectivity index (χ4v) is 1.11. The molecule has 1 aliphatic rings. The van der Waals surface area contributed by atoms with Gasteiger partial charge in [0.15, 0.2) is 0 Å². The maximum atomic E-state index is 12.7. The van der Waals surface area contributed by atoms with Crippen molar-refractivity contribution in [3.63, 3.8) is 0 Å². The molecule has 1 saturated heterocycles. The lowest BCUT2D eigenvalue weighted by atomic mass is 9.94. The number of aliphatic hydroxyl groups excluding tert-OH is 1. The van der Waals surface area contributed by atoms with Crippen molar-refractivity contribution in [1.82, 2.24) is 0 Å². The Morgan fingerprint density at radius 3 is 2.50 bits per heavy atom. The van der Waals surface area contributed by atoms with Crippen LogP contribution in [-0.4, -0.2) is 43.9 Å². The molecule has 58 valence electrons. The van der Waals surface area contributed by atoms with Gasteiger partial charge in [0, 0.05) is 6.54 Å². The number of hydrogen-bond donors (Lipinski definition) is 2. The number of hydrogen-bond acceptors (Lipinski definition) is 3. The quantitative estimate of drug-likeness (QED) is 0.422. The molecular formula is C5H11BFNO2. The summed E-state index contributed by atoms with van der Waals surface area (Å²) < 4.78 is 17.7. The normalized spacial score (nSPS) is 47.9. The van der Waals surface area contributed by atoms with Crippen LogP contribution in [0, 0.1) is 0 Å².